The Bertz CT molecular complexity index is 880. The molecule has 4 nitrogen and oxygen atoms in total. The number of likely N-dealkylation sites (N-methyl/N-ethyl adjacent to an activating group) is 1. The van der Waals surface area contributed by atoms with Gasteiger partial charge in [-0.3, -0.25) is 9.69 Å². The van der Waals surface area contributed by atoms with Crippen molar-refractivity contribution in [1.82, 2.24) is 9.80 Å². The van der Waals surface area contributed by atoms with Crippen LogP contribution in [0.25, 0.3) is 0 Å². The van der Waals surface area contributed by atoms with E-state index in [9.17, 15) is 18.0 Å². The molecule has 0 bridgehead atoms. The fraction of sp³-hybridized carbons (Fsp3) is 0.409. The molecular weight excluding hydrogens is 506 g/mol. The summed E-state index contributed by atoms with van der Waals surface area (Å²) in [5.41, 5.74) is 0.998. The van der Waals surface area contributed by atoms with Crippen LogP contribution in [0.3, 0.4) is 0 Å². The minimum atomic E-state index is -4.46. The van der Waals surface area contributed by atoms with E-state index < -0.39 is 11.7 Å². The molecule has 0 aromatic heterocycles. The molecule has 1 amide bonds. The molecule has 162 valence electrons. The lowest BCUT2D eigenvalue weighted by molar-refractivity contribution is -0.137. The molecule has 2 aromatic rings. The molecule has 1 fully saturated rings. The third-order valence-electron chi connectivity index (χ3n) is 5.27. The van der Waals surface area contributed by atoms with Crippen molar-refractivity contribution in [2.45, 2.75) is 26.1 Å². The molecule has 0 spiro atoms. The Labute approximate surface area is 188 Å². The first-order chi connectivity index (χ1) is 14.2. The van der Waals surface area contributed by atoms with Crippen molar-refractivity contribution < 1.29 is 18.0 Å². The quantitative estimate of drug-likeness (QED) is 0.553. The molecule has 0 radical (unpaired) electrons. The zero-order chi connectivity index (χ0) is 21.7. The number of carbonyl (C=O) groups excluding carboxylic acids is 1. The molecule has 1 saturated heterocycles. The number of anilines is 1. The third kappa shape index (κ3) is 6.42. The molecule has 0 aliphatic carbocycles. The van der Waals surface area contributed by atoms with Gasteiger partial charge in [0.1, 0.15) is 0 Å². The summed E-state index contributed by atoms with van der Waals surface area (Å²) >= 11 is 2.16. The number of nitrogens with one attached hydrogen (secondary N) is 1. The van der Waals surface area contributed by atoms with Crippen LogP contribution in [0.4, 0.5) is 18.9 Å². The van der Waals surface area contributed by atoms with Crippen LogP contribution in [0.1, 0.15) is 23.6 Å². The Hall–Kier alpha value is -1.65. The third-order valence-corrected chi connectivity index (χ3v) is 5.94. The van der Waals surface area contributed by atoms with Gasteiger partial charge in [-0.15, -0.1) is 0 Å². The van der Waals surface area contributed by atoms with Crippen molar-refractivity contribution in [3.8, 4) is 0 Å². The van der Waals surface area contributed by atoms with E-state index in [2.05, 4.69) is 44.6 Å². The zero-order valence-corrected chi connectivity index (χ0v) is 19.0. The molecule has 1 aliphatic heterocycles. The van der Waals surface area contributed by atoms with Crippen molar-refractivity contribution >= 4 is 34.2 Å². The van der Waals surface area contributed by atoms with E-state index in [0.717, 1.165) is 54.0 Å². The van der Waals surface area contributed by atoms with E-state index in [1.54, 1.807) is 0 Å². The predicted molar refractivity (Wildman–Crippen MR) is 120 cm³/mol. The Morgan fingerprint density at radius 3 is 2.40 bits per heavy atom. The van der Waals surface area contributed by atoms with Gasteiger partial charge < -0.3 is 10.2 Å². The molecule has 30 heavy (non-hydrogen) atoms. The SMILES string of the molecule is CCN1CCN(Cc2ccc(C(F)(F)F)cc2NC(=O)Cc2cccc(I)c2)CC1. The molecular formula is C22H25F3IN3O. The molecule has 3 rings (SSSR count). The van der Waals surface area contributed by atoms with Gasteiger partial charge in [0.2, 0.25) is 5.91 Å². The highest BCUT2D eigenvalue weighted by molar-refractivity contribution is 14.1. The summed E-state index contributed by atoms with van der Waals surface area (Å²) in [5.74, 6) is -0.326. The molecule has 1 aliphatic rings. The van der Waals surface area contributed by atoms with Gasteiger partial charge >= 0.3 is 6.18 Å². The minimum Gasteiger partial charge on any atom is -0.325 e. The maximum absolute atomic E-state index is 13.2. The molecule has 1 N–H and O–H groups in total. The number of halogens is 4. The van der Waals surface area contributed by atoms with E-state index in [-0.39, 0.29) is 18.0 Å². The van der Waals surface area contributed by atoms with Gasteiger partial charge in [0, 0.05) is 42.0 Å². The number of hydrogen-bond acceptors (Lipinski definition) is 3. The Balaban J connectivity index is 1.76. The number of alkyl halides is 3. The van der Waals surface area contributed by atoms with Crippen LogP contribution in [0.5, 0.6) is 0 Å². The smallest absolute Gasteiger partial charge is 0.325 e. The lowest BCUT2D eigenvalue weighted by Gasteiger charge is -2.34. The van der Waals surface area contributed by atoms with Crippen molar-refractivity contribution in [2.75, 3.05) is 38.0 Å². The predicted octanol–water partition coefficient (Wildman–Crippen LogP) is 4.63. The van der Waals surface area contributed by atoms with Crippen molar-refractivity contribution in [1.29, 1.82) is 0 Å². The average molecular weight is 531 g/mol. The van der Waals surface area contributed by atoms with E-state index in [4.69, 9.17) is 0 Å². The van der Waals surface area contributed by atoms with Crippen LogP contribution in [0, 0.1) is 3.57 Å². The van der Waals surface area contributed by atoms with Crippen LogP contribution in [0.2, 0.25) is 0 Å². The minimum absolute atomic E-state index is 0.113. The first-order valence-corrected chi connectivity index (χ1v) is 11.0. The number of benzene rings is 2. The lowest BCUT2D eigenvalue weighted by atomic mass is 10.1. The molecule has 0 unspecified atom stereocenters. The second-order valence-electron chi connectivity index (χ2n) is 7.43. The summed E-state index contributed by atoms with van der Waals surface area (Å²) in [5, 5.41) is 2.72. The van der Waals surface area contributed by atoms with Crippen LogP contribution in [0.15, 0.2) is 42.5 Å². The van der Waals surface area contributed by atoms with Gasteiger partial charge in [0.05, 0.1) is 12.0 Å². The highest BCUT2D eigenvalue weighted by atomic mass is 127. The fourth-order valence-corrected chi connectivity index (χ4v) is 4.15. The number of nitrogens with zero attached hydrogens (tertiary/aromatic N) is 2. The number of amides is 1. The van der Waals surface area contributed by atoms with E-state index in [1.165, 1.54) is 6.07 Å². The zero-order valence-electron chi connectivity index (χ0n) is 16.8. The number of rotatable bonds is 6. The highest BCUT2D eigenvalue weighted by Crippen LogP contribution is 2.33. The monoisotopic (exact) mass is 531 g/mol. The van der Waals surface area contributed by atoms with Crippen LogP contribution < -0.4 is 5.32 Å². The van der Waals surface area contributed by atoms with Crippen molar-refractivity contribution in [2.24, 2.45) is 0 Å². The topological polar surface area (TPSA) is 35.6 Å². The number of carbonyl (C=O) groups is 1. The maximum atomic E-state index is 13.2. The average Bonchev–Trinajstić information content (AvgIpc) is 2.69. The Morgan fingerprint density at radius 1 is 1.07 bits per heavy atom. The Morgan fingerprint density at radius 2 is 1.77 bits per heavy atom. The normalized spacial score (nSPS) is 15.9. The van der Waals surface area contributed by atoms with Gasteiger partial charge in [-0.25, -0.2) is 0 Å². The van der Waals surface area contributed by atoms with Gasteiger partial charge in [-0.1, -0.05) is 25.1 Å². The molecule has 0 atom stereocenters. The number of piperazine rings is 1. The summed E-state index contributed by atoms with van der Waals surface area (Å²) in [6.45, 7) is 7.20. The second-order valence-corrected chi connectivity index (χ2v) is 8.68. The largest absolute Gasteiger partial charge is 0.416 e. The first kappa shape index (κ1) is 23.0. The van der Waals surface area contributed by atoms with Crippen molar-refractivity contribution in [3.63, 3.8) is 0 Å². The maximum Gasteiger partial charge on any atom is 0.416 e. The molecule has 8 heteroatoms. The first-order valence-electron chi connectivity index (χ1n) is 9.93. The fourth-order valence-electron chi connectivity index (χ4n) is 3.54. The van der Waals surface area contributed by atoms with Gasteiger partial charge in [-0.05, 0) is 64.5 Å². The summed E-state index contributed by atoms with van der Waals surface area (Å²) in [4.78, 5) is 17.1. The highest BCUT2D eigenvalue weighted by Gasteiger charge is 2.31. The summed E-state index contributed by atoms with van der Waals surface area (Å²) in [6, 6.07) is 11.1. The van der Waals surface area contributed by atoms with E-state index in [1.807, 2.05) is 24.3 Å². The van der Waals surface area contributed by atoms with Gasteiger partial charge in [-0.2, -0.15) is 13.2 Å². The van der Waals surface area contributed by atoms with E-state index in [0.29, 0.717) is 12.1 Å². The molecule has 1 heterocycles. The van der Waals surface area contributed by atoms with Gasteiger partial charge in [0.25, 0.3) is 0 Å². The molecule has 2 aromatic carbocycles. The van der Waals surface area contributed by atoms with Gasteiger partial charge in [0.15, 0.2) is 0 Å². The standard InChI is InChI=1S/C22H25F3IN3O/c1-2-28-8-10-29(11-9-28)15-17-6-7-18(22(23,24)25)14-20(17)27-21(30)13-16-4-3-5-19(26)12-16/h3-7,12,14H,2,8-11,13,15H2,1H3,(H,27,30). The summed E-state index contributed by atoms with van der Waals surface area (Å²) in [6.07, 6.45) is -4.35. The molecule has 0 saturated carbocycles. The second kappa shape index (κ2) is 10.1. The summed E-state index contributed by atoms with van der Waals surface area (Å²) in [7, 11) is 0. The van der Waals surface area contributed by atoms with E-state index >= 15 is 0 Å². The van der Waals surface area contributed by atoms with Crippen LogP contribution >= 0.6 is 22.6 Å². The lowest BCUT2D eigenvalue weighted by Crippen LogP contribution is -2.45. The summed E-state index contributed by atoms with van der Waals surface area (Å²) < 4.78 is 40.7. The van der Waals surface area contributed by atoms with Crippen LogP contribution in [-0.4, -0.2) is 48.4 Å². The number of hydrogen-bond donors (Lipinski definition) is 1. The van der Waals surface area contributed by atoms with Crippen LogP contribution in [-0.2, 0) is 23.9 Å². The van der Waals surface area contributed by atoms with Crippen molar-refractivity contribution in [3.05, 3.63) is 62.7 Å². The Kier molecular flexibility index (Phi) is 7.75.